The van der Waals surface area contributed by atoms with Gasteiger partial charge in [0, 0.05) is 22.5 Å². The SMILES string of the molecule is COc1ccc(C(=O)Oc2c(-c3ccccc3)ncc3ccccc23)cc1. The summed E-state index contributed by atoms with van der Waals surface area (Å²) < 4.78 is 11.0. The summed E-state index contributed by atoms with van der Waals surface area (Å²) >= 11 is 0. The third-order valence-corrected chi connectivity index (χ3v) is 4.32. The van der Waals surface area contributed by atoms with Gasteiger partial charge in [-0.05, 0) is 24.3 Å². The van der Waals surface area contributed by atoms with Crippen molar-refractivity contribution in [3.63, 3.8) is 0 Å². The summed E-state index contributed by atoms with van der Waals surface area (Å²) in [4.78, 5) is 17.3. The quantitative estimate of drug-likeness (QED) is 0.476. The summed E-state index contributed by atoms with van der Waals surface area (Å²) in [6.07, 6.45) is 1.79. The molecule has 0 saturated carbocycles. The van der Waals surface area contributed by atoms with Crippen LogP contribution in [0.2, 0.25) is 0 Å². The lowest BCUT2D eigenvalue weighted by Gasteiger charge is -2.13. The molecule has 0 aliphatic heterocycles. The second kappa shape index (κ2) is 7.30. The van der Waals surface area contributed by atoms with Gasteiger partial charge in [0.1, 0.15) is 11.4 Å². The number of esters is 1. The molecule has 0 amide bonds. The maximum Gasteiger partial charge on any atom is 0.343 e. The first-order valence-electron chi connectivity index (χ1n) is 8.55. The number of nitrogens with zero attached hydrogens (tertiary/aromatic N) is 1. The minimum Gasteiger partial charge on any atom is -0.497 e. The zero-order valence-electron chi connectivity index (χ0n) is 14.8. The van der Waals surface area contributed by atoms with Crippen LogP contribution in [0.25, 0.3) is 22.0 Å². The number of ether oxygens (including phenoxy) is 2. The Hall–Kier alpha value is -3.66. The third kappa shape index (κ3) is 3.37. The molecule has 0 bridgehead atoms. The van der Waals surface area contributed by atoms with E-state index in [4.69, 9.17) is 9.47 Å². The fourth-order valence-electron chi connectivity index (χ4n) is 2.92. The number of carbonyl (C=O) groups is 1. The smallest absolute Gasteiger partial charge is 0.343 e. The number of aromatic nitrogens is 1. The summed E-state index contributed by atoms with van der Waals surface area (Å²) in [6.45, 7) is 0. The number of pyridine rings is 1. The predicted molar refractivity (Wildman–Crippen MR) is 105 cm³/mol. The van der Waals surface area contributed by atoms with E-state index in [1.807, 2.05) is 54.6 Å². The Kier molecular flexibility index (Phi) is 4.54. The second-order valence-electron chi connectivity index (χ2n) is 6.01. The van der Waals surface area contributed by atoms with Crippen molar-refractivity contribution in [2.24, 2.45) is 0 Å². The van der Waals surface area contributed by atoms with Gasteiger partial charge in [-0.2, -0.15) is 0 Å². The normalized spacial score (nSPS) is 10.6. The molecule has 0 fully saturated rings. The molecular weight excluding hydrogens is 338 g/mol. The number of hydrogen-bond acceptors (Lipinski definition) is 4. The molecule has 4 heteroatoms. The minimum atomic E-state index is -0.437. The number of fused-ring (bicyclic) bond motifs is 1. The Bertz CT molecular complexity index is 1090. The molecule has 4 nitrogen and oxygen atoms in total. The summed E-state index contributed by atoms with van der Waals surface area (Å²) in [5.74, 6) is 0.705. The highest BCUT2D eigenvalue weighted by atomic mass is 16.5. The summed E-state index contributed by atoms with van der Waals surface area (Å²) in [7, 11) is 1.58. The van der Waals surface area contributed by atoms with Gasteiger partial charge in [0.05, 0.1) is 12.7 Å². The third-order valence-electron chi connectivity index (χ3n) is 4.32. The highest BCUT2D eigenvalue weighted by Crippen LogP contribution is 2.35. The fraction of sp³-hybridized carbons (Fsp3) is 0.0435. The molecule has 3 aromatic carbocycles. The van der Waals surface area contributed by atoms with Gasteiger partial charge in [-0.25, -0.2) is 4.79 Å². The van der Waals surface area contributed by atoms with Crippen LogP contribution < -0.4 is 9.47 Å². The van der Waals surface area contributed by atoms with Gasteiger partial charge in [-0.3, -0.25) is 4.98 Å². The Morgan fingerprint density at radius 2 is 1.56 bits per heavy atom. The minimum absolute atomic E-state index is 0.437. The molecule has 0 spiro atoms. The van der Waals surface area contributed by atoms with Gasteiger partial charge in [0.2, 0.25) is 0 Å². The van der Waals surface area contributed by atoms with Gasteiger partial charge in [0.25, 0.3) is 0 Å². The van der Waals surface area contributed by atoms with Crippen LogP contribution in [0.4, 0.5) is 0 Å². The monoisotopic (exact) mass is 355 g/mol. The van der Waals surface area contributed by atoms with Crippen molar-refractivity contribution < 1.29 is 14.3 Å². The maximum absolute atomic E-state index is 12.8. The van der Waals surface area contributed by atoms with Crippen LogP contribution >= 0.6 is 0 Å². The second-order valence-corrected chi connectivity index (χ2v) is 6.01. The Labute approximate surface area is 157 Å². The average Bonchev–Trinajstić information content (AvgIpc) is 2.74. The van der Waals surface area contributed by atoms with Crippen molar-refractivity contribution in [1.29, 1.82) is 0 Å². The number of rotatable bonds is 4. The summed E-state index contributed by atoms with van der Waals surface area (Å²) in [6, 6.07) is 24.3. The molecule has 0 N–H and O–H groups in total. The van der Waals surface area contributed by atoms with E-state index in [2.05, 4.69) is 4.98 Å². The van der Waals surface area contributed by atoms with Crippen LogP contribution in [0.5, 0.6) is 11.5 Å². The molecule has 0 radical (unpaired) electrons. The zero-order chi connectivity index (χ0) is 18.6. The number of benzene rings is 3. The topological polar surface area (TPSA) is 48.4 Å². The lowest BCUT2D eigenvalue weighted by atomic mass is 10.1. The Morgan fingerprint density at radius 1 is 0.852 bits per heavy atom. The Morgan fingerprint density at radius 3 is 2.30 bits per heavy atom. The van der Waals surface area contributed by atoms with Gasteiger partial charge < -0.3 is 9.47 Å². The highest BCUT2D eigenvalue weighted by molar-refractivity contribution is 5.98. The van der Waals surface area contributed by atoms with Crippen molar-refractivity contribution in [2.45, 2.75) is 0 Å². The van der Waals surface area contributed by atoms with Crippen LogP contribution in [0.15, 0.2) is 85.1 Å². The lowest BCUT2D eigenvalue weighted by Crippen LogP contribution is -2.10. The van der Waals surface area contributed by atoms with Crippen LogP contribution in [0.1, 0.15) is 10.4 Å². The largest absolute Gasteiger partial charge is 0.497 e. The first-order valence-corrected chi connectivity index (χ1v) is 8.55. The van der Waals surface area contributed by atoms with E-state index in [9.17, 15) is 4.79 Å². The molecule has 4 rings (SSSR count). The van der Waals surface area contributed by atoms with E-state index in [1.54, 1.807) is 37.6 Å². The molecule has 132 valence electrons. The van der Waals surface area contributed by atoms with Crippen LogP contribution in [-0.4, -0.2) is 18.1 Å². The Balaban J connectivity index is 1.80. The fourth-order valence-corrected chi connectivity index (χ4v) is 2.92. The standard InChI is InChI=1S/C23H17NO3/c1-26-19-13-11-17(12-14-19)23(25)27-22-20-10-6-5-9-18(20)15-24-21(22)16-7-3-2-4-8-16/h2-15H,1H3. The highest BCUT2D eigenvalue weighted by Gasteiger charge is 2.17. The molecule has 0 atom stereocenters. The van der Waals surface area contributed by atoms with Crippen molar-refractivity contribution in [2.75, 3.05) is 7.11 Å². The molecule has 0 unspecified atom stereocenters. The van der Waals surface area contributed by atoms with E-state index >= 15 is 0 Å². The van der Waals surface area contributed by atoms with Crippen molar-refractivity contribution >= 4 is 16.7 Å². The molecule has 1 aromatic heterocycles. The van der Waals surface area contributed by atoms with Crippen molar-refractivity contribution in [1.82, 2.24) is 4.98 Å². The molecule has 27 heavy (non-hydrogen) atoms. The van der Waals surface area contributed by atoms with E-state index in [0.29, 0.717) is 22.8 Å². The van der Waals surface area contributed by atoms with Crippen LogP contribution in [0, 0.1) is 0 Å². The van der Waals surface area contributed by atoms with E-state index in [1.165, 1.54) is 0 Å². The lowest BCUT2D eigenvalue weighted by molar-refractivity contribution is 0.0737. The van der Waals surface area contributed by atoms with E-state index < -0.39 is 5.97 Å². The van der Waals surface area contributed by atoms with Crippen LogP contribution in [-0.2, 0) is 0 Å². The van der Waals surface area contributed by atoms with E-state index in [-0.39, 0.29) is 0 Å². The van der Waals surface area contributed by atoms with Gasteiger partial charge in [-0.15, -0.1) is 0 Å². The summed E-state index contributed by atoms with van der Waals surface area (Å²) in [5, 5.41) is 1.75. The van der Waals surface area contributed by atoms with Gasteiger partial charge in [-0.1, -0.05) is 54.6 Å². The molecule has 0 saturated heterocycles. The molecule has 4 aromatic rings. The summed E-state index contributed by atoms with van der Waals surface area (Å²) in [5.41, 5.74) is 1.97. The van der Waals surface area contributed by atoms with E-state index in [0.717, 1.165) is 16.3 Å². The molecule has 0 aliphatic carbocycles. The number of hydrogen-bond donors (Lipinski definition) is 0. The molecular formula is C23H17NO3. The average molecular weight is 355 g/mol. The maximum atomic E-state index is 12.8. The predicted octanol–water partition coefficient (Wildman–Crippen LogP) is 5.13. The van der Waals surface area contributed by atoms with Crippen LogP contribution in [0.3, 0.4) is 0 Å². The van der Waals surface area contributed by atoms with Gasteiger partial charge in [0.15, 0.2) is 5.75 Å². The first-order chi connectivity index (χ1) is 13.3. The van der Waals surface area contributed by atoms with Gasteiger partial charge >= 0.3 is 5.97 Å². The molecule has 0 aliphatic rings. The van der Waals surface area contributed by atoms with Crippen molar-refractivity contribution in [3.8, 4) is 22.8 Å². The number of methoxy groups -OCH3 is 1. The molecule has 1 heterocycles. The first kappa shape index (κ1) is 16.8. The zero-order valence-corrected chi connectivity index (χ0v) is 14.8. The van der Waals surface area contributed by atoms with Crippen molar-refractivity contribution in [3.05, 3.63) is 90.6 Å². The number of carbonyl (C=O) groups excluding carboxylic acids is 1.